The van der Waals surface area contributed by atoms with Gasteiger partial charge in [0.1, 0.15) is 0 Å². The minimum absolute atomic E-state index is 0. The fraction of sp³-hybridized carbons (Fsp3) is 0.875. The van der Waals surface area contributed by atoms with Gasteiger partial charge >= 0.3 is 0 Å². The van der Waals surface area contributed by atoms with E-state index in [1.54, 1.807) is 0 Å². The van der Waals surface area contributed by atoms with Crippen LogP contribution in [0.2, 0.25) is 0 Å². The zero-order chi connectivity index (χ0) is 8.91. The molecule has 0 radical (unpaired) electrons. The van der Waals surface area contributed by atoms with E-state index in [4.69, 9.17) is 0 Å². The van der Waals surface area contributed by atoms with E-state index >= 15 is 0 Å². The maximum Gasteiger partial charge on any atom is 0.0945 e. The van der Waals surface area contributed by atoms with Crippen LogP contribution in [0.1, 0.15) is 33.1 Å². The molecule has 0 aliphatic rings. The van der Waals surface area contributed by atoms with Crippen molar-refractivity contribution in [3.05, 3.63) is 7.43 Å². The van der Waals surface area contributed by atoms with Crippen LogP contribution in [0.4, 0.5) is 0 Å². The van der Waals surface area contributed by atoms with Crippen molar-refractivity contribution in [1.82, 2.24) is 0 Å². The van der Waals surface area contributed by atoms with Crippen LogP contribution < -0.4 is 0 Å². The van der Waals surface area contributed by atoms with Crippen LogP contribution in [-0.4, -0.2) is 18.7 Å². The van der Waals surface area contributed by atoms with Crippen LogP contribution >= 0.6 is 0 Å². The van der Waals surface area contributed by atoms with Crippen LogP contribution in [0.3, 0.4) is 0 Å². The Bertz CT molecular complexity index is 184. The van der Waals surface area contributed by atoms with Crippen LogP contribution in [0.15, 0.2) is 0 Å². The van der Waals surface area contributed by atoms with Crippen molar-refractivity contribution in [2.45, 2.75) is 33.1 Å². The highest BCUT2D eigenvalue weighted by Gasteiger charge is 2.00. The Kier molecular flexibility index (Phi) is 7.53. The van der Waals surface area contributed by atoms with Crippen molar-refractivity contribution >= 4 is 10.1 Å². The second-order valence-electron chi connectivity index (χ2n) is 2.92. The molecule has 0 rings (SSSR count). The predicted octanol–water partition coefficient (Wildman–Crippen LogP) is 1.81. The summed E-state index contributed by atoms with van der Waals surface area (Å²) >= 11 is 0. The smallest absolute Gasteiger partial charge is 0.0945 e. The van der Waals surface area contributed by atoms with Gasteiger partial charge in [-0.05, 0) is 18.8 Å². The molecule has 0 aromatic rings. The fourth-order valence-corrected chi connectivity index (χ4v) is 1.33. The van der Waals surface area contributed by atoms with E-state index in [0.717, 1.165) is 12.8 Å². The third kappa shape index (κ3) is 9.78. The van der Waals surface area contributed by atoms with Crippen LogP contribution in [0, 0.1) is 13.3 Å². The van der Waals surface area contributed by atoms with Crippen molar-refractivity contribution in [2.75, 3.05) is 5.75 Å². The lowest BCUT2D eigenvalue weighted by Crippen LogP contribution is -2.05. The van der Waals surface area contributed by atoms with E-state index in [1.165, 1.54) is 0 Å². The molecule has 0 amide bonds. The van der Waals surface area contributed by atoms with Gasteiger partial charge in [0.15, 0.2) is 0 Å². The monoisotopic (exact) mass is 194 g/mol. The molecule has 0 bridgehead atoms. The molecule has 12 heavy (non-hydrogen) atoms. The molecule has 0 fully saturated rings. The SMILES string of the molecule is CCC(C)CCCS(=O)(=O)[O-].[CH3+]. The number of rotatable bonds is 5. The molecule has 0 spiro atoms. The van der Waals surface area contributed by atoms with Gasteiger partial charge in [-0.2, -0.15) is 0 Å². The highest BCUT2D eigenvalue weighted by Crippen LogP contribution is 2.09. The number of hydrogen-bond donors (Lipinski definition) is 0. The fourth-order valence-electron chi connectivity index (χ4n) is 0.813. The van der Waals surface area contributed by atoms with E-state index in [1.807, 2.05) is 0 Å². The summed E-state index contributed by atoms with van der Waals surface area (Å²) in [7, 11) is -3.98. The molecule has 0 aliphatic heterocycles. The van der Waals surface area contributed by atoms with Crippen molar-refractivity contribution in [1.29, 1.82) is 0 Å². The zero-order valence-electron chi connectivity index (χ0n) is 8.04. The minimum Gasteiger partial charge on any atom is -0.748 e. The van der Waals surface area contributed by atoms with Gasteiger partial charge in [-0.1, -0.05) is 20.3 Å². The quantitative estimate of drug-likeness (QED) is 0.495. The first-order chi connectivity index (χ1) is 4.95. The third-order valence-corrected chi connectivity index (χ3v) is 2.58. The molecule has 1 atom stereocenters. The van der Waals surface area contributed by atoms with Gasteiger partial charge in [0, 0.05) is 13.2 Å². The normalized spacial score (nSPS) is 13.6. The molecule has 0 saturated heterocycles. The minimum atomic E-state index is -3.98. The molecule has 3 nitrogen and oxygen atoms in total. The summed E-state index contributed by atoms with van der Waals surface area (Å²) in [6, 6.07) is 0. The zero-order valence-corrected chi connectivity index (χ0v) is 8.86. The Labute approximate surface area is 75.9 Å². The highest BCUT2D eigenvalue weighted by molar-refractivity contribution is 7.85. The first-order valence-corrected chi connectivity index (χ1v) is 5.47. The van der Waals surface area contributed by atoms with E-state index in [-0.39, 0.29) is 13.2 Å². The van der Waals surface area contributed by atoms with Crippen molar-refractivity contribution < 1.29 is 13.0 Å². The van der Waals surface area contributed by atoms with Gasteiger partial charge in [0.2, 0.25) is 0 Å². The Balaban J connectivity index is 0. The van der Waals surface area contributed by atoms with Gasteiger partial charge in [0.25, 0.3) is 0 Å². The molecule has 0 saturated carbocycles. The Hall–Kier alpha value is -0.220. The summed E-state index contributed by atoms with van der Waals surface area (Å²) in [5, 5.41) is 0. The lowest BCUT2D eigenvalue weighted by Gasteiger charge is -2.09. The van der Waals surface area contributed by atoms with E-state index < -0.39 is 10.1 Å². The average molecular weight is 194 g/mol. The second-order valence-corrected chi connectivity index (χ2v) is 4.44. The predicted molar refractivity (Wildman–Crippen MR) is 49.7 cm³/mol. The molecule has 0 heterocycles. The largest absolute Gasteiger partial charge is 0.748 e. The first-order valence-electron chi connectivity index (χ1n) is 3.89. The molecule has 0 aromatic heterocycles. The molecule has 1 unspecified atom stereocenters. The van der Waals surface area contributed by atoms with Gasteiger partial charge in [-0.3, -0.25) is 0 Å². The van der Waals surface area contributed by atoms with Gasteiger partial charge < -0.3 is 4.55 Å². The lowest BCUT2D eigenvalue weighted by atomic mass is 10.0. The van der Waals surface area contributed by atoms with Crippen molar-refractivity contribution in [3.63, 3.8) is 0 Å². The Morgan fingerprint density at radius 2 is 1.92 bits per heavy atom. The number of hydrogen-bond acceptors (Lipinski definition) is 3. The van der Waals surface area contributed by atoms with E-state index in [9.17, 15) is 13.0 Å². The summed E-state index contributed by atoms with van der Waals surface area (Å²) in [6.45, 7) is 4.10. The molecular formula is C8H18O3S. The van der Waals surface area contributed by atoms with Gasteiger partial charge in [-0.25, -0.2) is 8.42 Å². The van der Waals surface area contributed by atoms with Crippen molar-refractivity contribution in [2.24, 2.45) is 5.92 Å². The maximum atomic E-state index is 10.1. The summed E-state index contributed by atoms with van der Waals surface area (Å²) < 4.78 is 30.4. The highest BCUT2D eigenvalue weighted by atomic mass is 32.2. The van der Waals surface area contributed by atoms with Gasteiger partial charge in [-0.15, -0.1) is 0 Å². The van der Waals surface area contributed by atoms with Crippen LogP contribution in [0.25, 0.3) is 0 Å². The Morgan fingerprint density at radius 1 is 1.42 bits per heavy atom. The standard InChI is InChI=1S/C7H16O3S.CH3/c1-3-7(2)5-4-6-11(8,9)10;/h7H,3-6H2,1-2H3,(H,8,9,10);1H3/q;+1/p-1. The molecule has 0 aromatic carbocycles. The van der Waals surface area contributed by atoms with Crippen molar-refractivity contribution in [3.8, 4) is 0 Å². The maximum absolute atomic E-state index is 10.1. The van der Waals surface area contributed by atoms with E-state index in [2.05, 4.69) is 13.8 Å². The summed E-state index contributed by atoms with van der Waals surface area (Å²) in [5.74, 6) is 0.314. The molecule has 4 heteroatoms. The lowest BCUT2D eigenvalue weighted by molar-refractivity contribution is 0.452. The molecule has 0 aliphatic carbocycles. The summed E-state index contributed by atoms with van der Waals surface area (Å²) in [4.78, 5) is 0. The summed E-state index contributed by atoms with van der Waals surface area (Å²) in [6.07, 6.45) is 2.37. The van der Waals surface area contributed by atoms with Crippen LogP contribution in [0.5, 0.6) is 0 Å². The first kappa shape index (κ1) is 14.3. The second kappa shape index (κ2) is 6.31. The van der Waals surface area contributed by atoms with Crippen LogP contribution in [-0.2, 0) is 10.1 Å². The summed E-state index contributed by atoms with van der Waals surface area (Å²) in [5.41, 5.74) is 0. The average Bonchev–Trinajstić information content (AvgIpc) is 1.85. The topological polar surface area (TPSA) is 57.2 Å². The van der Waals surface area contributed by atoms with Gasteiger partial charge in [0.05, 0.1) is 10.1 Å². The molecule has 74 valence electrons. The molecule has 0 N–H and O–H groups in total. The molecular weight excluding hydrogens is 176 g/mol. The third-order valence-electron chi connectivity index (χ3n) is 1.79. The Morgan fingerprint density at radius 3 is 2.25 bits per heavy atom. The van der Waals surface area contributed by atoms with E-state index in [0.29, 0.717) is 12.3 Å².